The van der Waals surface area contributed by atoms with Crippen LogP contribution in [-0.4, -0.2) is 83.7 Å². The number of carbonyl (C=O) groups is 3. The molecule has 254 valence electrons. The number of benzene rings is 1. The topological polar surface area (TPSA) is 140 Å². The summed E-state index contributed by atoms with van der Waals surface area (Å²) in [5.41, 5.74) is 3.89. The molecule has 13 nitrogen and oxygen atoms in total. The number of urea groups is 1. The minimum Gasteiger partial charge on any atom is -0.474 e. The number of hydrogen-bond acceptors (Lipinski definition) is 9. The number of fused-ring (bicyclic) bond motifs is 2. The van der Waals surface area contributed by atoms with E-state index in [9.17, 15) is 14.4 Å². The number of nitrogens with zero attached hydrogens (tertiary/aromatic N) is 5. The predicted molar refractivity (Wildman–Crippen MR) is 185 cm³/mol. The molecule has 3 aliphatic rings. The summed E-state index contributed by atoms with van der Waals surface area (Å²) in [6, 6.07) is 9.91. The van der Waals surface area contributed by atoms with Gasteiger partial charge in [-0.15, -0.1) is 0 Å². The maximum Gasteiger partial charge on any atom is 0.323 e. The number of anilines is 3. The summed E-state index contributed by atoms with van der Waals surface area (Å²) in [4.78, 5) is 51.8. The Hall–Kier alpha value is -5.43. The van der Waals surface area contributed by atoms with Crippen LogP contribution in [0.2, 0.25) is 0 Å². The summed E-state index contributed by atoms with van der Waals surface area (Å²) in [7, 11) is 5.52. The maximum atomic E-state index is 13.6. The summed E-state index contributed by atoms with van der Waals surface area (Å²) in [5.74, 6) is 0.988. The van der Waals surface area contributed by atoms with Crippen molar-refractivity contribution in [2.45, 2.75) is 31.8 Å². The van der Waals surface area contributed by atoms with Gasteiger partial charge in [-0.25, -0.2) is 14.8 Å². The van der Waals surface area contributed by atoms with Crippen LogP contribution in [0.15, 0.2) is 60.7 Å². The van der Waals surface area contributed by atoms with Gasteiger partial charge in [-0.05, 0) is 49.2 Å². The maximum absolute atomic E-state index is 13.6. The lowest BCUT2D eigenvalue weighted by Gasteiger charge is -2.34. The zero-order valence-corrected chi connectivity index (χ0v) is 27.8. The van der Waals surface area contributed by atoms with E-state index in [1.807, 2.05) is 23.9 Å². The molecule has 0 spiro atoms. The van der Waals surface area contributed by atoms with E-state index >= 15 is 0 Å². The van der Waals surface area contributed by atoms with Crippen molar-refractivity contribution in [3.63, 3.8) is 0 Å². The van der Waals surface area contributed by atoms with Gasteiger partial charge in [-0.3, -0.25) is 9.59 Å². The van der Waals surface area contributed by atoms with Crippen LogP contribution in [0.4, 0.5) is 21.9 Å². The predicted octanol–water partition coefficient (Wildman–Crippen LogP) is 5.09. The summed E-state index contributed by atoms with van der Waals surface area (Å²) in [5, 5.41) is 6.46. The van der Waals surface area contributed by atoms with Crippen molar-refractivity contribution in [2.24, 2.45) is 13.0 Å². The van der Waals surface area contributed by atoms with E-state index in [4.69, 9.17) is 14.2 Å². The largest absolute Gasteiger partial charge is 0.474 e. The third-order valence-electron chi connectivity index (χ3n) is 9.15. The Morgan fingerprint density at radius 1 is 1.00 bits per heavy atom. The zero-order valence-electron chi connectivity index (χ0n) is 27.8. The highest BCUT2D eigenvalue weighted by Gasteiger charge is 2.30. The van der Waals surface area contributed by atoms with Crippen LogP contribution >= 0.6 is 0 Å². The first kappa shape index (κ1) is 32.1. The molecule has 3 aromatic heterocycles. The molecule has 4 aromatic rings. The number of pyridine rings is 2. The number of ketones is 1. The highest BCUT2D eigenvalue weighted by molar-refractivity contribution is 6.16. The van der Waals surface area contributed by atoms with E-state index in [1.54, 1.807) is 61.6 Å². The van der Waals surface area contributed by atoms with E-state index in [1.165, 1.54) is 6.20 Å². The van der Waals surface area contributed by atoms with Gasteiger partial charge >= 0.3 is 6.03 Å². The van der Waals surface area contributed by atoms with Gasteiger partial charge in [0.15, 0.2) is 5.76 Å². The van der Waals surface area contributed by atoms with Gasteiger partial charge in [0.1, 0.15) is 17.5 Å². The smallest absolute Gasteiger partial charge is 0.323 e. The Kier molecular flexibility index (Phi) is 8.91. The number of nitrogens with one attached hydrogen (secondary N) is 2. The number of rotatable bonds is 7. The molecule has 0 radical (unpaired) electrons. The standard InChI is InChI=1S/C36H39N7O6/c1-41(2)35(45)22-9-14-43(15-10-22)28-8-13-37-34-32(28)23(21-42(34)3)18-30-33(44)27-19-24(4-6-29(27)49-30)39-36(46)40-25-5-7-31(38-20-25)48-26-11-16-47-17-12-26/h4-8,13,18-22,26H,9-12,14-17H2,1-3H3,(H2,39,40,46). The second kappa shape index (κ2) is 13.6. The molecule has 2 N–H and O–H groups in total. The van der Waals surface area contributed by atoms with Crippen LogP contribution in [-0.2, 0) is 16.6 Å². The first-order chi connectivity index (χ1) is 23.7. The monoisotopic (exact) mass is 665 g/mol. The van der Waals surface area contributed by atoms with E-state index in [0.29, 0.717) is 41.8 Å². The molecule has 0 unspecified atom stereocenters. The van der Waals surface area contributed by atoms with Gasteiger partial charge < -0.3 is 39.2 Å². The van der Waals surface area contributed by atoms with Crippen molar-refractivity contribution in [2.75, 3.05) is 55.9 Å². The van der Waals surface area contributed by atoms with Gasteiger partial charge in [0.25, 0.3) is 0 Å². The average molecular weight is 666 g/mol. The fourth-order valence-corrected chi connectivity index (χ4v) is 6.62. The summed E-state index contributed by atoms with van der Waals surface area (Å²) in [6.07, 6.45) is 10.3. The number of Topliss-reactive ketones (excluding diaryl/α,β-unsaturated/α-hetero) is 1. The molecule has 0 aliphatic carbocycles. The number of hydrogen-bond donors (Lipinski definition) is 2. The molecule has 0 atom stereocenters. The van der Waals surface area contributed by atoms with Crippen LogP contribution in [0, 0.1) is 5.92 Å². The highest BCUT2D eigenvalue weighted by atomic mass is 16.5. The number of ether oxygens (including phenoxy) is 3. The second-order valence-corrected chi connectivity index (χ2v) is 12.8. The molecule has 7 rings (SSSR count). The van der Waals surface area contributed by atoms with Gasteiger partial charge in [0.05, 0.1) is 30.7 Å². The first-order valence-electron chi connectivity index (χ1n) is 16.5. The number of allylic oxidation sites excluding steroid dienone is 1. The van der Waals surface area contributed by atoms with Gasteiger partial charge in [0, 0.05) is 93.8 Å². The normalized spacial score (nSPS) is 17.6. The third kappa shape index (κ3) is 6.79. The van der Waals surface area contributed by atoms with Crippen LogP contribution in [0.3, 0.4) is 0 Å². The molecule has 6 heterocycles. The number of aryl methyl sites for hydroxylation is 1. The molecule has 3 amide bonds. The zero-order chi connectivity index (χ0) is 34.1. The fourth-order valence-electron chi connectivity index (χ4n) is 6.62. The number of amides is 3. The van der Waals surface area contributed by atoms with Crippen molar-refractivity contribution in [3.8, 4) is 11.6 Å². The lowest BCUT2D eigenvalue weighted by molar-refractivity contribution is -0.133. The Labute approximate surface area is 283 Å². The molecule has 2 fully saturated rings. The van der Waals surface area contributed by atoms with E-state index < -0.39 is 6.03 Å². The SMILES string of the molecule is CN(C)C(=O)C1CCN(c2ccnc3c2c(C=C2Oc4ccc(NC(=O)Nc5ccc(OC6CCOCC6)nc5)cc4C2=O)cn3C)CC1. The number of aromatic nitrogens is 3. The van der Waals surface area contributed by atoms with Gasteiger partial charge in [-0.2, -0.15) is 0 Å². The molecule has 0 saturated carbocycles. The minimum absolute atomic E-state index is 0.0142. The highest BCUT2D eigenvalue weighted by Crippen LogP contribution is 2.37. The van der Waals surface area contributed by atoms with Crippen LogP contribution in [0.25, 0.3) is 17.1 Å². The van der Waals surface area contributed by atoms with Crippen molar-refractivity contribution in [3.05, 3.63) is 71.9 Å². The van der Waals surface area contributed by atoms with Crippen molar-refractivity contribution >= 4 is 51.9 Å². The van der Waals surface area contributed by atoms with Gasteiger partial charge in [0.2, 0.25) is 17.6 Å². The molecule has 1 aromatic carbocycles. The van der Waals surface area contributed by atoms with E-state index in [2.05, 4.69) is 25.5 Å². The molecule has 13 heteroatoms. The van der Waals surface area contributed by atoms with E-state index in [0.717, 1.165) is 61.1 Å². The Balaban J connectivity index is 1.03. The van der Waals surface area contributed by atoms with Crippen molar-refractivity contribution < 1.29 is 28.6 Å². The summed E-state index contributed by atoms with van der Waals surface area (Å²) >= 11 is 0. The van der Waals surface area contributed by atoms with Gasteiger partial charge in [-0.1, -0.05) is 0 Å². The first-order valence-corrected chi connectivity index (χ1v) is 16.5. The lowest BCUT2D eigenvalue weighted by atomic mass is 9.95. The molecular weight excluding hydrogens is 626 g/mol. The second-order valence-electron chi connectivity index (χ2n) is 12.8. The number of carbonyl (C=O) groups excluding carboxylic acids is 3. The Bertz CT molecular complexity index is 1920. The average Bonchev–Trinajstić information content (AvgIpc) is 3.60. The molecule has 3 aliphatic heterocycles. The number of piperidine rings is 1. The Morgan fingerprint density at radius 2 is 1.76 bits per heavy atom. The lowest BCUT2D eigenvalue weighted by Crippen LogP contribution is -2.40. The van der Waals surface area contributed by atoms with Crippen LogP contribution < -0.4 is 25.0 Å². The summed E-state index contributed by atoms with van der Waals surface area (Å²) < 4.78 is 19.2. The Morgan fingerprint density at radius 3 is 2.49 bits per heavy atom. The van der Waals surface area contributed by atoms with Crippen LogP contribution in [0.1, 0.15) is 41.6 Å². The van der Waals surface area contributed by atoms with E-state index in [-0.39, 0.29) is 29.5 Å². The van der Waals surface area contributed by atoms with Crippen LogP contribution in [0.5, 0.6) is 11.6 Å². The molecule has 2 saturated heterocycles. The minimum atomic E-state index is -0.479. The van der Waals surface area contributed by atoms with Crippen molar-refractivity contribution in [1.82, 2.24) is 19.4 Å². The fraction of sp³-hybridized carbons (Fsp3) is 0.361. The third-order valence-corrected chi connectivity index (χ3v) is 9.15. The molecular formula is C36H39N7O6. The van der Waals surface area contributed by atoms with Crippen molar-refractivity contribution in [1.29, 1.82) is 0 Å². The quantitative estimate of drug-likeness (QED) is 0.258. The molecule has 0 bridgehead atoms. The summed E-state index contributed by atoms with van der Waals surface area (Å²) in [6.45, 7) is 2.83. The molecule has 49 heavy (non-hydrogen) atoms.